The van der Waals surface area contributed by atoms with Gasteiger partial charge in [0, 0.05) is 93.6 Å². The molecule has 4 atom stereocenters. The van der Waals surface area contributed by atoms with Crippen LogP contribution in [0.2, 0.25) is 5.02 Å². The van der Waals surface area contributed by atoms with Gasteiger partial charge in [0.1, 0.15) is 29.8 Å². The molecule has 0 radical (unpaired) electrons. The van der Waals surface area contributed by atoms with E-state index in [1.54, 1.807) is 31.5 Å². The number of hydrogen-bond acceptors (Lipinski definition) is 9. The van der Waals surface area contributed by atoms with E-state index in [2.05, 4.69) is 19.8 Å². The molecule has 10 nitrogen and oxygen atoms in total. The zero-order chi connectivity index (χ0) is 36.0. The first-order chi connectivity index (χ1) is 25.2. The van der Waals surface area contributed by atoms with Gasteiger partial charge in [-0.05, 0) is 43.7 Å². The lowest BCUT2D eigenvalue weighted by Gasteiger charge is -2.39. The summed E-state index contributed by atoms with van der Waals surface area (Å²) in [5, 5.41) is 2.50. The van der Waals surface area contributed by atoms with Gasteiger partial charge in [-0.2, -0.15) is 9.97 Å². The molecule has 8 rings (SSSR count). The van der Waals surface area contributed by atoms with Crippen LogP contribution >= 0.6 is 11.6 Å². The summed E-state index contributed by atoms with van der Waals surface area (Å²) >= 11 is 6.64. The molecule has 0 spiro atoms. The van der Waals surface area contributed by atoms with E-state index in [1.807, 2.05) is 47.2 Å². The fourth-order valence-corrected chi connectivity index (χ4v) is 8.86. The quantitative estimate of drug-likeness (QED) is 0.175. The second-order valence-corrected chi connectivity index (χ2v) is 15.0. The van der Waals surface area contributed by atoms with E-state index < -0.39 is 17.5 Å². The number of carbonyl (C=O) groups is 1. The van der Waals surface area contributed by atoms with Crippen LogP contribution in [0.15, 0.2) is 54.7 Å². The molecule has 1 amide bonds. The molecule has 4 aliphatic rings. The van der Waals surface area contributed by atoms with E-state index in [1.165, 1.54) is 0 Å². The number of fused-ring (bicyclic) bond motifs is 3. The summed E-state index contributed by atoms with van der Waals surface area (Å²) in [6.07, 6.45) is 8.30. The van der Waals surface area contributed by atoms with Crippen LogP contribution in [0, 0.1) is 5.82 Å². The molecule has 0 saturated carbocycles. The normalized spacial score (nSPS) is 25.0. The van der Waals surface area contributed by atoms with Crippen molar-refractivity contribution in [2.75, 3.05) is 71.5 Å². The third-order valence-corrected chi connectivity index (χ3v) is 11.9. The van der Waals surface area contributed by atoms with E-state index in [-0.39, 0.29) is 41.8 Å². The Balaban J connectivity index is 1.10. The van der Waals surface area contributed by atoms with Crippen LogP contribution in [0.5, 0.6) is 6.01 Å². The Morgan fingerprint density at radius 1 is 1.13 bits per heavy atom. The van der Waals surface area contributed by atoms with Gasteiger partial charge in [0.2, 0.25) is 5.91 Å². The van der Waals surface area contributed by atoms with E-state index in [0.29, 0.717) is 66.3 Å². The molecule has 0 aliphatic carbocycles. The monoisotopic (exact) mass is 731 g/mol. The van der Waals surface area contributed by atoms with Gasteiger partial charge in [-0.1, -0.05) is 48.0 Å². The summed E-state index contributed by atoms with van der Waals surface area (Å²) in [6.45, 7) is 5.02. The summed E-state index contributed by atoms with van der Waals surface area (Å²) in [5.41, 5.74) is 0.327. The zero-order valence-corrected chi connectivity index (χ0v) is 30.4. The van der Waals surface area contributed by atoms with Gasteiger partial charge >= 0.3 is 6.01 Å². The molecule has 2 aromatic heterocycles. The van der Waals surface area contributed by atoms with Crippen LogP contribution in [0.1, 0.15) is 32.1 Å². The Kier molecular flexibility index (Phi) is 9.75. The molecule has 4 fully saturated rings. The summed E-state index contributed by atoms with van der Waals surface area (Å²) in [6, 6.07) is 11.3. The number of ether oxygens (including phenoxy) is 2. The summed E-state index contributed by atoms with van der Waals surface area (Å²) in [7, 11) is 3.60. The lowest BCUT2D eigenvalue weighted by molar-refractivity contribution is -0.125. The number of nitrogens with zero attached hydrogens (tertiary/aromatic N) is 7. The number of aromatic nitrogens is 3. The minimum atomic E-state index is -0.909. The first kappa shape index (κ1) is 35.1. The third kappa shape index (κ3) is 6.48. The van der Waals surface area contributed by atoms with Gasteiger partial charge in [-0.3, -0.25) is 19.6 Å². The summed E-state index contributed by atoms with van der Waals surface area (Å²) in [5.74, 6) is -0.177. The molecule has 6 heterocycles. The van der Waals surface area contributed by atoms with E-state index in [0.717, 1.165) is 44.3 Å². The number of likely N-dealkylation sites (N-methyl/N-ethyl adjacent to an activating group) is 1. The number of likely N-dealkylation sites (tertiary alicyclic amines) is 2. The average molecular weight is 732 g/mol. The maximum absolute atomic E-state index is 16.9. The molecular weight excluding hydrogens is 688 g/mol. The first-order valence-electron chi connectivity index (χ1n) is 18.2. The minimum Gasteiger partial charge on any atom is -0.461 e. The van der Waals surface area contributed by atoms with Crippen molar-refractivity contribution in [3.63, 3.8) is 0 Å². The smallest absolute Gasteiger partial charge is 0.319 e. The molecule has 13 heteroatoms. The number of anilines is 1. The number of pyridine rings is 1. The molecule has 274 valence electrons. The number of alkyl halides is 1. The van der Waals surface area contributed by atoms with Gasteiger partial charge in [0.25, 0.3) is 0 Å². The zero-order valence-electron chi connectivity index (χ0n) is 29.6. The van der Waals surface area contributed by atoms with Crippen molar-refractivity contribution in [3.8, 4) is 17.3 Å². The number of amides is 1. The van der Waals surface area contributed by atoms with Gasteiger partial charge in [0.15, 0.2) is 5.82 Å². The fourth-order valence-electron chi connectivity index (χ4n) is 8.58. The van der Waals surface area contributed by atoms with Crippen molar-refractivity contribution in [1.29, 1.82) is 0 Å². The average Bonchev–Trinajstić information content (AvgIpc) is 3.85. The number of halogens is 3. The van der Waals surface area contributed by atoms with Crippen LogP contribution in [0.4, 0.5) is 14.6 Å². The summed E-state index contributed by atoms with van der Waals surface area (Å²) < 4.78 is 43.0. The second-order valence-electron chi connectivity index (χ2n) is 14.6. The maximum Gasteiger partial charge on any atom is 0.319 e. The molecule has 52 heavy (non-hydrogen) atoms. The van der Waals surface area contributed by atoms with E-state index in [4.69, 9.17) is 26.1 Å². The second kappa shape index (κ2) is 14.5. The molecule has 2 aromatic carbocycles. The third-order valence-electron chi connectivity index (χ3n) is 11.6. The lowest BCUT2D eigenvalue weighted by Crippen LogP contribution is -2.48. The maximum atomic E-state index is 16.9. The minimum absolute atomic E-state index is 0.0253. The topological polar surface area (TPSA) is 87.2 Å². The van der Waals surface area contributed by atoms with Crippen molar-refractivity contribution in [3.05, 3.63) is 65.6 Å². The van der Waals surface area contributed by atoms with E-state index in [9.17, 15) is 9.18 Å². The Hall–Kier alpha value is -3.97. The van der Waals surface area contributed by atoms with Gasteiger partial charge in [0.05, 0.1) is 17.5 Å². The molecule has 4 aliphatic heterocycles. The van der Waals surface area contributed by atoms with E-state index >= 15 is 4.39 Å². The predicted molar refractivity (Wildman–Crippen MR) is 198 cm³/mol. The van der Waals surface area contributed by atoms with Crippen LogP contribution < -0.4 is 9.64 Å². The SMILES string of the molecule is COCCN1CC[C@@H]1/C=C/C(=O)N1CC[C@@H](N(C)c2nc(OC[C@@]34CCCN3C[C@H](F)C4)nc3c(F)c(-c4cccc5cccc(Cl)c45)ncc23)C1. The van der Waals surface area contributed by atoms with Gasteiger partial charge < -0.3 is 19.3 Å². The molecule has 0 unspecified atom stereocenters. The van der Waals surface area contributed by atoms with Crippen LogP contribution in [0.3, 0.4) is 0 Å². The van der Waals surface area contributed by atoms with Crippen molar-refractivity contribution >= 4 is 45.0 Å². The van der Waals surface area contributed by atoms with Crippen molar-refractivity contribution in [1.82, 2.24) is 29.7 Å². The molecule has 4 aromatic rings. The number of carbonyl (C=O) groups excluding carboxylic acids is 1. The standard InChI is InChI=1S/C39H44ClF2N7O3/c1-46(28-13-17-48(23-28)32(50)11-10-27-12-16-47(27)18-19-51-2)37-30-21-43-35(29-8-3-6-25-7-4-9-31(40)33(25)29)34(42)36(30)44-38(45-37)52-24-39-14-5-15-49(39)22-26(41)20-39/h3-4,6-11,21,26-28H,5,12-20,22-24H2,1-2H3/b11-10+/t26-,27+,28-,39+/m1/s1. The number of rotatable bonds is 11. The van der Waals surface area contributed by atoms with Crippen LogP contribution in [-0.2, 0) is 9.53 Å². The van der Waals surface area contributed by atoms with Crippen molar-refractivity contribution < 1.29 is 23.0 Å². The Labute approximate surface area is 307 Å². The van der Waals surface area contributed by atoms with Crippen molar-refractivity contribution in [2.24, 2.45) is 0 Å². The number of benzene rings is 2. The highest BCUT2D eigenvalue weighted by Crippen LogP contribution is 2.41. The van der Waals surface area contributed by atoms with Gasteiger partial charge in [-0.15, -0.1) is 0 Å². The molecule has 4 saturated heterocycles. The highest BCUT2D eigenvalue weighted by Gasteiger charge is 2.49. The molecule has 0 N–H and O–H groups in total. The Bertz CT molecular complexity index is 2010. The fraction of sp³-hybridized carbons (Fsp3) is 0.487. The highest BCUT2D eigenvalue weighted by molar-refractivity contribution is 6.36. The molecular formula is C39H44ClF2N7O3. The van der Waals surface area contributed by atoms with Crippen molar-refractivity contribution in [2.45, 2.75) is 55.9 Å². The first-order valence-corrected chi connectivity index (χ1v) is 18.6. The number of hydrogen-bond donors (Lipinski definition) is 0. The largest absolute Gasteiger partial charge is 0.461 e. The summed E-state index contributed by atoms with van der Waals surface area (Å²) in [4.78, 5) is 35.7. The van der Waals surface area contributed by atoms with Gasteiger partial charge in [-0.25, -0.2) is 8.78 Å². The number of methoxy groups -OCH3 is 1. The lowest BCUT2D eigenvalue weighted by atomic mass is 9.95. The van der Waals surface area contributed by atoms with Crippen LogP contribution in [-0.4, -0.2) is 126 Å². The predicted octanol–water partition coefficient (Wildman–Crippen LogP) is 5.91. The van der Waals surface area contributed by atoms with Crippen LogP contribution in [0.25, 0.3) is 32.9 Å². The Morgan fingerprint density at radius 2 is 1.98 bits per heavy atom. The molecule has 0 bridgehead atoms. The Morgan fingerprint density at radius 3 is 2.79 bits per heavy atom. The highest BCUT2D eigenvalue weighted by atomic mass is 35.5.